The van der Waals surface area contributed by atoms with Crippen LogP contribution < -0.4 is 0 Å². The zero-order valence-corrected chi connectivity index (χ0v) is 27.8. The molecule has 2 aliphatic rings. The van der Waals surface area contributed by atoms with Crippen molar-refractivity contribution in [2.45, 2.75) is 29.3 Å². The summed E-state index contributed by atoms with van der Waals surface area (Å²) in [4.78, 5) is 52.2. The first kappa shape index (κ1) is 37.3. The highest BCUT2D eigenvalue weighted by atomic mass is 32.2. The van der Waals surface area contributed by atoms with E-state index in [1.807, 2.05) is 0 Å². The van der Waals surface area contributed by atoms with Crippen LogP contribution in [0.3, 0.4) is 0 Å². The molecule has 4 aromatic rings. The topological polar surface area (TPSA) is 161 Å². The molecular weight excluding hydrogens is 762 g/mol. The second-order valence-electron chi connectivity index (χ2n) is 11.6. The molecule has 0 N–H and O–H groups in total. The van der Waals surface area contributed by atoms with Crippen LogP contribution in [0.4, 0.5) is 26.3 Å². The highest BCUT2D eigenvalue weighted by molar-refractivity contribution is 7.86. The number of hydrogen-bond donors (Lipinski definition) is 0. The van der Waals surface area contributed by atoms with Crippen LogP contribution in [0.15, 0.2) is 97.1 Å². The number of hydrogen-bond acceptors (Lipinski definition) is 10. The Morgan fingerprint density at radius 3 is 1.11 bits per heavy atom. The summed E-state index contributed by atoms with van der Waals surface area (Å²) in [7, 11) is -9.53. The molecule has 0 atom stereocenters. The summed E-state index contributed by atoms with van der Waals surface area (Å²) in [6, 6.07) is 16.0. The first-order valence-electron chi connectivity index (χ1n) is 14.8. The minimum Gasteiger partial charge on any atom is -0.266 e. The molecule has 0 fully saturated rings. The number of hydroxylamine groups is 4. The summed E-state index contributed by atoms with van der Waals surface area (Å²) >= 11 is 0. The first-order chi connectivity index (χ1) is 24.7. The van der Waals surface area contributed by atoms with Crippen LogP contribution in [0.1, 0.15) is 63.7 Å². The molecule has 0 spiro atoms. The molecule has 4 aromatic carbocycles. The zero-order chi connectivity index (χ0) is 38.7. The van der Waals surface area contributed by atoms with Gasteiger partial charge in [0.15, 0.2) is 0 Å². The minimum atomic E-state index is -6.31. The van der Waals surface area contributed by atoms with Gasteiger partial charge in [-0.2, -0.15) is 43.2 Å². The van der Waals surface area contributed by atoms with Gasteiger partial charge < -0.3 is 0 Å². The van der Waals surface area contributed by atoms with Crippen molar-refractivity contribution < 1.29 is 70.9 Å². The molecule has 4 amide bonds. The Labute approximate surface area is 295 Å². The number of amides is 4. The van der Waals surface area contributed by atoms with Gasteiger partial charge in [0, 0.05) is 0 Å². The van der Waals surface area contributed by atoms with Gasteiger partial charge in [-0.1, -0.05) is 72.8 Å². The highest BCUT2D eigenvalue weighted by Crippen LogP contribution is 2.57. The number of halogens is 6. The average molecular weight is 783 g/mol. The largest absolute Gasteiger partial charge is 0.411 e. The molecule has 53 heavy (non-hydrogen) atoms. The van der Waals surface area contributed by atoms with Crippen molar-refractivity contribution in [3.63, 3.8) is 0 Å². The predicted molar refractivity (Wildman–Crippen MR) is 167 cm³/mol. The average Bonchev–Trinajstić information content (AvgIpc) is 3.43. The maximum absolute atomic E-state index is 15.1. The summed E-state index contributed by atoms with van der Waals surface area (Å²) < 4.78 is 150. The van der Waals surface area contributed by atoms with E-state index in [4.69, 9.17) is 0 Å². The van der Waals surface area contributed by atoms with Crippen LogP contribution in [0, 0.1) is 0 Å². The van der Waals surface area contributed by atoms with Crippen molar-refractivity contribution in [1.29, 1.82) is 0 Å². The molecule has 0 radical (unpaired) electrons. The van der Waals surface area contributed by atoms with E-state index in [0.29, 0.717) is 12.1 Å². The van der Waals surface area contributed by atoms with Crippen molar-refractivity contribution >= 4 is 43.9 Å². The molecule has 0 saturated carbocycles. The van der Waals surface area contributed by atoms with E-state index < -0.39 is 107 Å². The van der Waals surface area contributed by atoms with Crippen LogP contribution in [0.5, 0.6) is 0 Å². The lowest BCUT2D eigenvalue weighted by molar-refractivity contribution is -0.288. The molecule has 12 nitrogen and oxygen atoms in total. The van der Waals surface area contributed by atoms with Gasteiger partial charge in [0.2, 0.25) is 5.41 Å². The maximum Gasteiger partial charge on any atom is 0.411 e. The Bertz CT molecular complexity index is 2230. The number of rotatable bonds is 10. The second-order valence-corrected chi connectivity index (χ2v) is 14.7. The summed E-state index contributed by atoms with van der Waals surface area (Å²) in [5, 5.41) is -0.620. The molecule has 0 aromatic heterocycles. The zero-order valence-electron chi connectivity index (χ0n) is 26.2. The van der Waals surface area contributed by atoms with Crippen molar-refractivity contribution in [3.05, 3.63) is 142 Å². The first-order valence-corrected chi connectivity index (χ1v) is 17.9. The van der Waals surface area contributed by atoms with Gasteiger partial charge in [-0.15, -0.1) is 18.7 Å². The molecule has 6 rings (SSSR count). The fourth-order valence-corrected chi connectivity index (χ4v) is 7.89. The maximum atomic E-state index is 15.1. The number of imide groups is 2. The van der Waals surface area contributed by atoms with Crippen LogP contribution >= 0.6 is 0 Å². The summed E-state index contributed by atoms with van der Waals surface area (Å²) in [5.41, 5.74) is -11.8. The van der Waals surface area contributed by atoms with Crippen molar-refractivity contribution in [2.24, 2.45) is 0 Å². The standard InChI is InChI=1S/C33H20F6N2O10S2/c34-32(35,36)31(33(37,38)39,21-11-13-23-25(15-21)29(44)40(27(23)42)50-52(46,47)17-19-7-3-1-4-8-19)22-12-14-24-26(16-22)30(45)41(28(24)43)51-53(48,49)18-20-9-5-2-6-10-20/h1-16H,17-18H2. The Morgan fingerprint density at radius 2 is 0.792 bits per heavy atom. The summed E-state index contributed by atoms with van der Waals surface area (Å²) in [6.07, 6.45) is -12.6. The van der Waals surface area contributed by atoms with E-state index >= 15 is 26.3 Å². The molecule has 0 aliphatic carbocycles. The van der Waals surface area contributed by atoms with Crippen LogP contribution in [-0.4, -0.2) is 62.9 Å². The van der Waals surface area contributed by atoms with Gasteiger partial charge in [-0.05, 0) is 46.5 Å². The minimum absolute atomic E-state index is 0.0928. The normalized spacial score (nSPS) is 15.3. The van der Waals surface area contributed by atoms with Gasteiger partial charge in [0.05, 0.1) is 22.3 Å². The Hall–Kier alpha value is -5.44. The predicted octanol–water partition coefficient (Wildman–Crippen LogP) is 5.21. The van der Waals surface area contributed by atoms with Gasteiger partial charge in [-0.3, -0.25) is 19.2 Å². The van der Waals surface area contributed by atoms with Gasteiger partial charge >= 0.3 is 12.4 Å². The van der Waals surface area contributed by atoms with Gasteiger partial charge in [0.1, 0.15) is 11.5 Å². The lowest BCUT2D eigenvalue weighted by Crippen LogP contribution is -2.55. The second kappa shape index (κ2) is 12.9. The van der Waals surface area contributed by atoms with Gasteiger partial charge in [0.25, 0.3) is 43.9 Å². The summed E-state index contributed by atoms with van der Waals surface area (Å²) in [6.45, 7) is 0. The van der Waals surface area contributed by atoms with Crippen LogP contribution in [-0.2, 0) is 45.7 Å². The fourth-order valence-electron chi connectivity index (χ4n) is 5.86. The van der Waals surface area contributed by atoms with Crippen molar-refractivity contribution in [1.82, 2.24) is 10.1 Å². The van der Waals surface area contributed by atoms with Gasteiger partial charge in [-0.25, -0.2) is 0 Å². The molecule has 0 unspecified atom stereocenters. The summed E-state index contributed by atoms with van der Waals surface area (Å²) in [5.74, 6) is -8.11. The molecule has 2 aliphatic heterocycles. The SMILES string of the molecule is O=C1c2ccc(C(c3ccc4c(c3)C(=O)N(OS(=O)(=O)Cc3ccccc3)C4=O)(C(F)(F)F)C(F)(F)F)cc2C(=O)N1OS(=O)(=O)Cc1ccccc1. The van der Waals surface area contributed by atoms with E-state index in [2.05, 4.69) is 8.57 Å². The van der Waals surface area contributed by atoms with Crippen LogP contribution in [0.2, 0.25) is 0 Å². The van der Waals surface area contributed by atoms with Crippen molar-refractivity contribution in [3.8, 4) is 0 Å². The Balaban J connectivity index is 1.38. The number of carbonyl (C=O) groups excluding carboxylic acids is 4. The quantitative estimate of drug-likeness (QED) is 0.154. The number of carbonyl (C=O) groups is 4. The lowest BCUT2D eigenvalue weighted by atomic mass is 9.71. The number of benzene rings is 4. The van der Waals surface area contributed by atoms with E-state index in [1.54, 1.807) is 12.1 Å². The number of fused-ring (bicyclic) bond motifs is 2. The van der Waals surface area contributed by atoms with Crippen molar-refractivity contribution in [2.75, 3.05) is 0 Å². The fraction of sp³-hybridized carbons (Fsp3) is 0.152. The third-order valence-electron chi connectivity index (χ3n) is 8.16. The van der Waals surface area contributed by atoms with E-state index in [-0.39, 0.29) is 45.5 Å². The molecule has 2 heterocycles. The molecule has 0 saturated heterocycles. The third-order valence-corrected chi connectivity index (χ3v) is 10.3. The smallest absolute Gasteiger partial charge is 0.266 e. The monoisotopic (exact) mass is 782 g/mol. The molecule has 20 heteroatoms. The lowest BCUT2D eigenvalue weighted by Gasteiger charge is -2.38. The molecule has 276 valence electrons. The highest BCUT2D eigenvalue weighted by Gasteiger charge is 2.73. The molecule has 0 bridgehead atoms. The number of nitrogens with zero attached hydrogens (tertiary/aromatic N) is 2. The number of alkyl halides is 6. The van der Waals surface area contributed by atoms with E-state index in [9.17, 15) is 36.0 Å². The Morgan fingerprint density at radius 1 is 0.472 bits per heavy atom. The van der Waals surface area contributed by atoms with Crippen LogP contribution in [0.25, 0.3) is 0 Å². The molecular formula is C33H20F6N2O10S2. The van der Waals surface area contributed by atoms with E-state index in [0.717, 1.165) is 0 Å². The third kappa shape index (κ3) is 6.58. The Kier molecular flexibility index (Phi) is 9.08. The van der Waals surface area contributed by atoms with E-state index in [1.165, 1.54) is 48.5 Å².